The van der Waals surface area contributed by atoms with Gasteiger partial charge < -0.3 is 10.6 Å². The van der Waals surface area contributed by atoms with Crippen molar-refractivity contribution in [2.24, 2.45) is 5.92 Å². The highest BCUT2D eigenvalue weighted by Gasteiger charge is 2.07. The third kappa shape index (κ3) is 11.9. The van der Waals surface area contributed by atoms with E-state index < -0.39 is 0 Å². The van der Waals surface area contributed by atoms with Gasteiger partial charge in [-0.2, -0.15) is 0 Å². The van der Waals surface area contributed by atoms with Crippen molar-refractivity contribution in [1.82, 2.24) is 10.6 Å². The summed E-state index contributed by atoms with van der Waals surface area (Å²) in [5, 5.41) is 7.00. The Morgan fingerprint density at radius 1 is 1.24 bits per heavy atom. The van der Waals surface area contributed by atoms with Gasteiger partial charge in [0.15, 0.2) is 0 Å². The van der Waals surface area contributed by atoms with Crippen LogP contribution in [0.1, 0.15) is 54.4 Å². The van der Waals surface area contributed by atoms with Crippen LogP contribution >= 0.6 is 0 Å². The lowest BCUT2D eigenvalue weighted by molar-refractivity contribution is 0.413. The van der Waals surface area contributed by atoms with Gasteiger partial charge in [0.2, 0.25) is 0 Å². The van der Waals surface area contributed by atoms with Crippen LogP contribution in [0.25, 0.3) is 0 Å². The van der Waals surface area contributed by atoms with E-state index in [1.54, 1.807) is 0 Å². The van der Waals surface area contributed by atoms with E-state index in [9.17, 15) is 0 Å². The van der Waals surface area contributed by atoms with Gasteiger partial charge in [0, 0.05) is 18.6 Å². The number of rotatable bonds is 8. The van der Waals surface area contributed by atoms with Crippen molar-refractivity contribution in [3.05, 3.63) is 11.6 Å². The predicted octanol–water partition coefficient (Wildman–Crippen LogP) is 3.35. The minimum Gasteiger partial charge on any atom is -0.315 e. The number of hydrogen-bond acceptors (Lipinski definition) is 2. The molecule has 17 heavy (non-hydrogen) atoms. The lowest BCUT2D eigenvalue weighted by Crippen LogP contribution is -2.40. The molecule has 0 spiro atoms. The Kier molecular flexibility index (Phi) is 8.53. The smallest absolute Gasteiger partial charge is 0.00970 e. The molecule has 0 aliphatic heterocycles. The van der Waals surface area contributed by atoms with Crippen molar-refractivity contribution in [1.29, 1.82) is 0 Å². The summed E-state index contributed by atoms with van der Waals surface area (Å²) in [5.74, 6) is 0.729. The zero-order valence-corrected chi connectivity index (χ0v) is 12.7. The maximum Gasteiger partial charge on any atom is 0.00970 e. The van der Waals surface area contributed by atoms with Crippen molar-refractivity contribution < 1.29 is 0 Å². The van der Waals surface area contributed by atoms with Crippen LogP contribution in [0.2, 0.25) is 0 Å². The van der Waals surface area contributed by atoms with E-state index in [0.29, 0.717) is 0 Å². The Labute approximate surface area is 108 Å². The van der Waals surface area contributed by atoms with Crippen LogP contribution in [0, 0.1) is 5.92 Å². The molecule has 0 rings (SSSR count). The van der Waals surface area contributed by atoms with Gasteiger partial charge in [-0.05, 0) is 53.0 Å². The topological polar surface area (TPSA) is 24.1 Å². The molecule has 0 amide bonds. The van der Waals surface area contributed by atoms with Crippen LogP contribution in [-0.4, -0.2) is 25.2 Å². The molecule has 0 aliphatic carbocycles. The molecule has 1 unspecified atom stereocenters. The predicted molar refractivity (Wildman–Crippen MR) is 78.5 cm³/mol. The minimum atomic E-state index is 0.230. The van der Waals surface area contributed by atoms with Gasteiger partial charge in [-0.25, -0.2) is 0 Å². The molecule has 0 bridgehead atoms. The SMILES string of the molecule is CC/C=C(/C)CC(C)CNCCNC(C)(C)C. The largest absolute Gasteiger partial charge is 0.315 e. The molecule has 0 saturated heterocycles. The Morgan fingerprint density at radius 3 is 2.41 bits per heavy atom. The number of nitrogens with one attached hydrogen (secondary N) is 2. The molecule has 0 heterocycles. The average molecular weight is 240 g/mol. The first kappa shape index (κ1) is 16.7. The van der Waals surface area contributed by atoms with E-state index in [4.69, 9.17) is 0 Å². The second kappa shape index (κ2) is 8.71. The third-order valence-corrected chi connectivity index (χ3v) is 2.67. The van der Waals surface area contributed by atoms with Crippen molar-refractivity contribution >= 4 is 0 Å². The third-order valence-electron chi connectivity index (χ3n) is 2.67. The lowest BCUT2D eigenvalue weighted by Gasteiger charge is -2.21. The summed E-state index contributed by atoms with van der Waals surface area (Å²) in [6.45, 7) is 16.6. The maximum absolute atomic E-state index is 3.52. The minimum absolute atomic E-state index is 0.230. The highest BCUT2D eigenvalue weighted by molar-refractivity contribution is 4.98. The van der Waals surface area contributed by atoms with Gasteiger partial charge in [-0.1, -0.05) is 25.5 Å². The Hall–Kier alpha value is -0.340. The quantitative estimate of drug-likeness (QED) is 0.502. The highest BCUT2D eigenvalue weighted by atomic mass is 15.0. The molecule has 2 nitrogen and oxygen atoms in total. The van der Waals surface area contributed by atoms with Crippen molar-refractivity contribution in [3.8, 4) is 0 Å². The molecule has 0 aliphatic rings. The van der Waals surface area contributed by atoms with Crippen LogP contribution in [0.4, 0.5) is 0 Å². The summed E-state index contributed by atoms with van der Waals surface area (Å²) in [6, 6.07) is 0. The van der Waals surface area contributed by atoms with Crippen LogP contribution in [0.3, 0.4) is 0 Å². The van der Waals surface area contributed by atoms with Crippen LogP contribution in [0.5, 0.6) is 0 Å². The van der Waals surface area contributed by atoms with Gasteiger partial charge >= 0.3 is 0 Å². The molecule has 0 saturated carbocycles. The Morgan fingerprint density at radius 2 is 1.88 bits per heavy atom. The molecule has 0 fully saturated rings. The fourth-order valence-electron chi connectivity index (χ4n) is 1.93. The maximum atomic E-state index is 3.52. The molecule has 0 aromatic carbocycles. The first-order valence-corrected chi connectivity index (χ1v) is 6.96. The molecular weight excluding hydrogens is 208 g/mol. The average Bonchev–Trinajstić information content (AvgIpc) is 2.15. The van der Waals surface area contributed by atoms with Crippen molar-refractivity contribution in [2.75, 3.05) is 19.6 Å². The second-order valence-corrected chi connectivity index (χ2v) is 6.15. The van der Waals surface area contributed by atoms with Crippen LogP contribution in [-0.2, 0) is 0 Å². The van der Waals surface area contributed by atoms with Crippen molar-refractivity contribution in [2.45, 2.75) is 59.9 Å². The molecule has 102 valence electrons. The molecule has 2 N–H and O–H groups in total. The van der Waals surface area contributed by atoms with E-state index in [0.717, 1.165) is 32.0 Å². The molecule has 0 aromatic heterocycles. The number of allylic oxidation sites excluding steroid dienone is 2. The summed E-state index contributed by atoms with van der Waals surface area (Å²) in [5.41, 5.74) is 1.75. The Bertz CT molecular complexity index is 213. The van der Waals surface area contributed by atoms with Gasteiger partial charge in [-0.3, -0.25) is 0 Å². The summed E-state index contributed by atoms with van der Waals surface area (Å²) >= 11 is 0. The molecule has 0 aromatic rings. The molecule has 1 atom stereocenters. The van der Waals surface area contributed by atoms with E-state index >= 15 is 0 Å². The van der Waals surface area contributed by atoms with Gasteiger partial charge in [0.25, 0.3) is 0 Å². The van der Waals surface area contributed by atoms with Gasteiger partial charge in [-0.15, -0.1) is 0 Å². The fraction of sp³-hybridized carbons (Fsp3) is 0.867. The molecular formula is C15H32N2. The lowest BCUT2D eigenvalue weighted by atomic mass is 10.0. The fourth-order valence-corrected chi connectivity index (χ4v) is 1.93. The Balaban J connectivity index is 3.52. The summed E-state index contributed by atoms with van der Waals surface area (Å²) in [7, 11) is 0. The van der Waals surface area contributed by atoms with Crippen molar-refractivity contribution in [3.63, 3.8) is 0 Å². The first-order chi connectivity index (χ1) is 7.85. The summed E-state index contributed by atoms with van der Waals surface area (Å²) in [6.07, 6.45) is 4.70. The van der Waals surface area contributed by atoms with E-state index in [2.05, 4.69) is 58.3 Å². The standard InChI is InChI=1S/C15H32N2/c1-7-8-13(2)11-14(3)12-16-9-10-17-15(4,5)6/h8,14,16-17H,7,9-12H2,1-6H3/b13-8-. The van der Waals surface area contributed by atoms with Gasteiger partial charge in [0.05, 0.1) is 0 Å². The highest BCUT2D eigenvalue weighted by Crippen LogP contribution is 2.10. The summed E-state index contributed by atoms with van der Waals surface area (Å²) in [4.78, 5) is 0. The zero-order valence-electron chi connectivity index (χ0n) is 12.7. The van der Waals surface area contributed by atoms with E-state index in [1.165, 1.54) is 12.0 Å². The monoisotopic (exact) mass is 240 g/mol. The summed E-state index contributed by atoms with van der Waals surface area (Å²) < 4.78 is 0. The zero-order chi connectivity index (χ0) is 13.3. The van der Waals surface area contributed by atoms with E-state index in [-0.39, 0.29) is 5.54 Å². The normalized spacial score (nSPS) is 15.1. The second-order valence-electron chi connectivity index (χ2n) is 6.15. The van der Waals surface area contributed by atoms with Gasteiger partial charge in [0.1, 0.15) is 0 Å². The first-order valence-electron chi connectivity index (χ1n) is 6.96. The molecule has 0 radical (unpaired) electrons. The molecule has 2 heteroatoms. The van der Waals surface area contributed by atoms with Crippen LogP contribution in [0.15, 0.2) is 11.6 Å². The van der Waals surface area contributed by atoms with E-state index in [1.807, 2.05) is 0 Å². The van der Waals surface area contributed by atoms with Crippen LogP contribution < -0.4 is 10.6 Å². The number of hydrogen-bond donors (Lipinski definition) is 2.